The van der Waals surface area contributed by atoms with Gasteiger partial charge in [0.05, 0.1) is 17.4 Å². The van der Waals surface area contributed by atoms with Crippen molar-refractivity contribution in [2.75, 3.05) is 23.3 Å². The molecule has 1 aliphatic heterocycles. The average Bonchev–Trinajstić information content (AvgIpc) is 2.63. The summed E-state index contributed by atoms with van der Waals surface area (Å²) in [6, 6.07) is 9.09. The van der Waals surface area contributed by atoms with Gasteiger partial charge in [-0.2, -0.15) is 0 Å². The van der Waals surface area contributed by atoms with Crippen LogP contribution in [0, 0.1) is 0 Å². The lowest BCUT2D eigenvalue weighted by atomic mass is 10.1. The molecule has 132 valence electrons. The third-order valence-corrected chi connectivity index (χ3v) is 4.69. The van der Waals surface area contributed by atoms with Gasteiger partial charge in [0.25, 0.3) is 0 Å². The number of hydrogen-bond acceptors (Lipinski definition) is 3. The molecular weight excluding hydrogens is 336 g/mol. The van der Waals surface area contributed by atoms with E-state index >= 15 is 0 Å². The monoisotopic (exact) mass is 358 g/mol. The van der Waals surface area contributed by atoms with Crippen LogP contribution in [0.25, 0.3) is 0 Å². The fourth-order valence-electron chi connectivity index (χ4n) is 3.11. The van der Waals surface area contributed by atoms with Gasteiger partial charge in [-0.25, -0.2) is 4.79 Å². The van der Waals surface area contributed by atoms with E-state index in [-0.39, 0.29) is 12.1 Å². The number of amides is 2. The zero-order valence-electron chi connectivity index (χ0n) is 14.3. The molecule has 1 saturated heterocycles. The summed E-state index contributed by atoms with van der Waals surface area (Å²) in [5, 5.41) is 6.52. The minimum atomic E-state index is -0.246. The number of hydrogen-bond donors (Lipinski definition) is 2. The van der Waals surface area contributed by atoms with E-state index in [2.05, 4.69) is 20.5 Å². The molecule has 25 heavy (non-hydrogen) atoms. The SMILES string of the molecule is CC(NC(=O)Nc1cc(Cl)ccc1N1CCCCC1)c1ccncc1. The maximum atomic E-state index is 12.4. The fourth-order valence-corrected chi connectivity index (χ4v) is 3.28. The normalized spacial score (nSPS) is 15.5. The molecule has 0 bridgehead atoms. The number of rotatable bonds is 4. The zero-order chi connectivity index (χ0) is 17.6. The van der Waals surface area contributed by atoms with E-state index in [0.29, 0.717) is 5.02 Å². The molecule has 2 amide bonds. The first-order valence-electron chi connectivity index (χ1n) is 8.65. The van der Waals surface area contributed by atoms with E-state index in [1.54, 1.807) is 12.4 Å². The summed E-state index contributed by atoms with van der Waals surface area (Å²) < 4.78 is 0. The van der Waals surface area contributed by atoms with Crippen LogP contribution in [0.2, 0.25) is 5.02 Å². The molecule has 1 aromatic carbocycles. The van der Waals surface area contributed by atoms with Crippen LogP contribution < -0.4 is 15.5 Å². The van der Waals surface area contributed by atoms with E-state index in [1.165, 1.54) is 19.3 Å². The van der Waals surface area contributed by atoms with Crippen LogP contribution in [0.3, 0.4) is 0 Å². The van der Waals surface area contributed by atoms with Gasteiger partial charge in [0.1, 0.15) is 0 Å². The highest BCUT2D eigenvalue weighted by atomic mass is 35.5. The molecule has 3 rings (SSSR count). The van der Waals surface area contributed by atoms with Gasteiger partial charge in [-0.3, -0.25) is 4.98 Å². The third-order valence-electron chi connectivity index (χ3n) is 4.46. The third kappa shape index (κ3) is 4.63. The summed E-state index contributed by atoms with van der Waals surface area (Å²) in [6.45, 7) is 3.95. The topological polar surface area (TPSA) is 57.3 Å². The molecule has 6 heteroatoms. The molecule has 1 atom stereocenters. The van der Waals surface area contributed by atoms with Gasteiger partial charge in [-0.15, -0.1) is 0 Å². The number of carbonyl (C=O) groups is 1. The van der Waals surface area contributed by atoms with E-state index in [9.17, 15) is 4.79 Å². The summed E-state index contributed by atoms with van der Waals surface area (Å²) in [7, 11) is 0. The first-order chi connectivity index (χ1) is 12.1. The molecule has 0 aliphatic carbocycles. The lowest BCUT2D eigenvalue weighted by Gasteiger charge is -2.30. The Kier molecular flexibility index (Phi) is 5.76. The number of halogens is 1. The summed E-state index contributed by atoms with van der Waals surface area (Å²) in [5.74, 6) is 0. The van der Waals surface area contributed by atoms with Crippen LogP contribution in [-0.4, -0.2) is 24.1 Å². The smallest absolute Gasteiger partial charge is 0.319 e. The van der Waals surface area contributed by atoms with Crippen molar-refractivity contribution in [1.29, 1.82) is 0 Å². The van der Waals surface area contributed by atoms with Gasteiger partial charge in [0.2, 0.25) is 0 Å². The number of anilines is 2. The Hall–Kier alpha value is -2.27. The molecule has 1 aliphatic rings. The summed E-state index contributed by atoms with van der Waals surface area (Å²) in [4.78, 5) is 18.7. The van der Waals surface area contributed by atoms with Gasteiger partial charge >= 0.3 is 6.03 Å². The van der Waals surface area contributed by atoms with Crippen LogP contribution >= 0.6 is 11.6 Å². The predicted molar refractivity (Wildman–Crippen MR) is 102 cm³/mol. The van der Waals surface area contributed by atoms with Gasteiger partial charge in [-0.05, 0) is 62.1 Å². The number of benzene rings is 1. The largest absolute Gasteiger partial charge is 0.370 e. The average molecular weight is 359 g/mol. The number of carbonyl (C=O) groups excluding carboxylic acids is 1. The number of nitrogens with one attached hydrogen (secondary N) is 2. The standard InChI is InChI=1S/C19H23ClN4O/c1-14(15-7-9-21-10-8-15)22-19(25)23-17-13-16(20)5-6-18(17)24-11-3-2-4-12-24/h5-10,13-14H,2-4,11-12H2,1H3,(H2,22,23,25). The lowest BCUT2D eigenvalue weighted by Crippen LogP contribution is -2.33. The lowest BCUT2D eigenvalue weighted by molar-refractivity contribution is 0.249. The van der Waals surface area contributed by atoms with Gasteiger partial charge in [0, 0.05) is 30.5 Å². The molecule has 0 saturated carbocycles. The van der Waals surface area contributed by atoms with E-state index in [0.717, 1.165) is 30.0 Å². The van der Waals surface area contributed by atoms with Crippen molar-refractivity contribution >= 4 is 29.0 Å². The molecular formula is C19H23ClN4O. The van der Waals surface area contributed by atoms with Crippen molar-refractivity contribution < 1.29 is 4.79 Å². The molecule has 1 unspecified atom stereocenters. The first-order valence-corrected chi connectivity index (χ1v) is 9.03. The van der Waals surface area contributed by atoms with Crippen LogP contribution in [-0.2, 0) is 0 Å². The van der Waals surface area contributed by atoms with Crippen LogP contribution in [0.4, 0.5) is 16.2 Å². The second-order valence-corrected chi connectivity index (χ2v) is 6.75. The number of nitrogens with zero attached hydrogens (tertiary/aromatic N) is 2. The molecule has 0 radical (unpaired) electrons. The Morgan fingerprint density at radius 1 is 1.16 bits per heavy atom. The number of aromatic nitrogens is 1. The van der Waals surface area contributed by atoms with E-state index in [4.69, 9.17) is 11.6 Å². The van der Waals surface area contributed by atoms with Gasteiger partial charge in [0.15, 0.2) is 0 Å². The zero-order valence-corrected chi connectivity index (χ0v) is 15.1. The maximum absolute atomic E-state index is 12.4. The van der Waals surface area contributed by atoms with Crippen LogP contribution in [0.15, 0.2) is 42.7 Å². The molecule has 5 nitrogen and oxygen atoms in total. The molecule has 1 fully saturated rings. The minimum Gasteiger partial charge on any atom is -0.370 e. The molecule has 2 aromatic rings. The van der Waals surface area contributed by atoms with Gasteiger partial charge < -0.3 is 15.5 Å². The molecule has 1 aromatic heterocycles. The van der Waals surface area contributed by atoms with Crippen molar-refractivity contribution in [1.82, 2.24) is 10.3 Å². The molecule has 2 N–H and O–H groups in total. The van der Waals surface area contributed by atoms with Crippen molar-refractivity contribution in [3.63, 3.8) is 0 Å². The maximum Gasteiger partial charge on any atom is 0.319 e. The highest BCUT2D eigenvalue weighted by Crippen LogP contribution is 2.31. The molecule has 2 heterocycles. The Bertz CT molecular complexity index is 717. The Morgan fingerprint density at radius 3 is 2.60 bits per heavy atom. The Balaban J connectivity index is 1.71. The summed E-state index contributed by atoms with van der Waals surface area (Å²) in [5.41, 5.74) is 2.78. The van der Waals surface area contributed by atoms with Crippen molar-refractivity contribution in [3.8, 4) is 0 Å². The predicted octanol–water partition coefficient (Wildman–Crippen LogP) is 4.61. The molecule has 0 spiro atoms. The minimum absolute atomic E-state index is 0.111. The number of piperidine rings is 1. The highest BCUT2D eigenvalue weighted by molar-refractivity contribution is 6.31. The van der Waals surface area contributed by atoms with Crippen LogP contribution in [0.1, 0.15) is 37.8 Å². The van der Waals surface area contributed by atoms with Crippen LogP contribution in [0.5, 0.6) is 0 Å². The summed E-state index contributed by atoms with van der Waals surface area (Å²) in [6.07, 6.45) is 7.05. The van der Waals surface area contributed by atoms with Gasteiger partial charge in [-0.1, -0.05) is 11.6 Å². The Morgan fingerprint density at radius 2 is 1.88 bits per heavy atom. The fraction of sp³-hybridized carbons (Fsp3) is 0.368. The van der Waals surface area contributed by atoms with E-state index in [1.807, 2.05) is 37.3 Å². The highest BCUT2D eigenvalue weighted by Gasteiger charge is 2.17. The summed E-state index contributed by atoms with van der Waals surface area (Å²) >= 11 is 6.14. The second kappa shape index (κ2) is 8.21. The van der Waals surface area contributed by atoms with E-state index < -0.39 is 0 Å². The number of pyridine rings is 1. The quantitative estimate of drug-likeness (QED) is 0.839. The van der Waals surface area contributed by atoms with Crippen molar-refractivity contribution in [3.05, 3.63) is 53.3 Å². The first kappa shape index (κ1) is 17.5. The van der Waals surface area contributed by atoms with Crippen molar-refractivity contribution in [2.24, 2.45) is 0 Å². The van der Waals surface area contributed by atoms with Crippen molar-refractivity contribution in [2.45, 2.75) is 32.2 Å². The second-order valence-electron chi connectivity index (χ2n) is 6.31. The Labute approximate surface area is 153 Å². The number of urea groups is 1.